The first-order chi connectivity index (χ1) is 9.11. The Balaban J connectivity index is 2.33. The molecular formula is C13H23F2N3O. The summed E-state index contributed by atoms with van der Waals surface area (Å²) in [5.41, 5.74) is 1.14. The molecular weight excluding hydrogens is 252 g/mol. The number of halogens is 2. The normalized spacial score (nSPS) is 13.1. The highest BCUT2D eigenvalue weighted by molar-refractivity contribution is 5.05. The molecule has 1 aromatic rings. The first kappa shape index (κ1) is 16.0. The molecule has 0 fully saturated rings. The van der Waals surface area contributed by atoms with Gasteiger partial charge in [0.15, 0.2) is 0 Å². The summed E-state index contributed by atoms with van der Waals surface area (Å²) in [6.45, 7) is 2.89. The lowest BCUT2D eigenvalue weighted by Crippen LogP contribution is -2.33. The second kappa shape index (κ2) is 8.98. The summed E-state index contributed by atoms with van der Waals surface area (Å²) in [6.07, 6.45) is 4.02. The number of alkyl halides is 2. The van der Waals surface area contributed by atoms with E-state index in [2.05, 4.69) is 17.3 Å². The molecule has 0 aliphatic heterocycles. The van der Waals surface area contributed by atoms with Crippen molar-refractivity contribution in [3.05, 3.63) is 18.0 Å². The Bertz CT molecular complexity index is 344. The highest BCUT2D eigenvalue weighted by atomic mass is 19.3. The lowest BCUT2D eigenvalue weighted by atomic mass is 10.1. The van der Waals surface area contributed by atoms with Gasteiger partial charge in [0, 0.05) is 25.9 Å². The Labute approximate surface area is 113 Å². The lowest BCUT2D eigenvalue weighted by Gasteiger charge is -2.17. The molecule has 0 radical (unpaired) electrons. The van der Waals surface area contributed by atoms with Gasteiger partial charge in [0.25, 0.3) is 6.43 Å². The van der Waals surface area contributed by atoms with Gasteiger partial charge in [0.2, 0.25) is 0 Å². The SMILES string of the molecule is CCCNC(CCOCC(F)F)Cc1cnn(C)c1. The van der Waals surface area contributed by atoms with Crippen LogP contribution >= 0.6 is 0 Å². The second-order valence-corrected chi connectivity index (χ2v) is 4.63. The maximum atomic E-state index is 12.0. The Morgan fingerprint density at radius 2 is 2.26 bits per heavy atom. The predicted molar refractivity (Wildman–Crippen MR) is 70.4 cm³/mol. The maximum absolute atomic E-state index is 12.0. The van der Waals surface area contributed by atoms with Crippen LogP contribution in [0.2, 0.25) is 0 Å². The van der Waals surface area contributed by atoms with E-state index in [1.165, 1.54) is 0 Å². The molecule has 110 valence electrons. The van der Waals surface area contributed by atoms with Crippen molar-refractivity contribution in [2.45, 2.75) is 38.7 Å². The van der Waals surface area contributed by atoms with Crippen molar-refractivity contribution in [2.24, 2.45) is 7.05 Å². The summed E-state index contributed by atoms with van der Waals surface area (Å²) in [4.78, 5) is 0. The molecule has 1 heterocycles. The van der Waals surface area contributed by atoms with Crippen LogP contribution < -0.4 is 5.32 Å². The first-order valence-electron chi connectivity index (χ1n) is 6.68. The van der Waals surface area contributed by atoms with Gasteiger partial charge in [-0.3, -0.25) is 4.68 Å². The maximum Gasteiger partial charge on any atom is 0.261 e. The molecule has 0 saturated carbocycles. The van der Waals surface area contributed by atoms with E-state index in [-0.39, 0.29) is 6.04 Å². The van der Waals surface area contributed by atoms with Gasteiger partial charge in [-0.2, -0.15) is 5.10 Å². The Morgan fingerprint density at radius 3 is 2.84 bits per heavy atom. The standard InChI is InChI=1S/C13H23F2N3O/c1-3-5-16-12(4-6-19-10-13(14)15)7-11-8-17-18(2)9-11/h8-9,12-13,16H,3-7,10H2,1-2H3. The monoisotopic (exact) mass is 275 g/mol. The first-order valence-corrected chi connectivity index (χ1v) is 6.68. The van der Waals surface area contributed by atoms with Crippen molar-refractivity contribution < 1.29 is 13.5 Å². The minimum Gasteiger partial charge on any atom is -0.375 e. The molecule has 1 unspecified atom stereocenters. The number of nitrogens with zero attached hydrogens (tertiary/aromatic N) is 2. The van der Waals surface area contributed by atoms with Crippen LogP contribution in [0.3, 0.4) is 0 Å². The third kappa shape index (κ3) is 7.22. The topological polar surface area (TPSA) is 39.1 Å². The van der Waals surface area contributed by atoms with Gasteiger partial charge in [-0.05, 0) is 31.4 Å². The van der Waals surface area contributed by atoms with Gasteiger partial charge in [0.1, 0.15) is 6.61 Å². The largest absolute Gasteiger partial charge is 0.375 e. The molecule has 1 atom stereocenters. The number of ether oxygens (including phenoxy) is 1. The van der Waals surface area contributed by atoms with Gasteiger partial charge < -0.3 is 10.1 Å². The zero-order valence-corrected chi connectivity index (χ0v) is 11.6. The average molecular weight is 275 g/mol. The summed E-state index contributed by atoms with van der Waals surface area (Å²) >= 11 is 0. The highest BCUT2D eigenvalue weighted by Gasteiger charge is 2.11. The summed E-state index contributed by atoms with van der Waals surface area (Å²) in [5, 5.41) is 7.54. The minimum atomic E-state index is -2.39. The fraction of sp³-hybridized carbons (Fsp3) is 0.769. The molecule has 0 aliphatic rings. The zero-order valence-electron chi connectivity index (χ0n) is 11.6. The summed E-state index contributed by atoms with van der Waals surface area (Å²) < 4.78 is 30.6. The van der Waals surface area contributed by atoms with E-state index in [0.717, 1.165) is 31.4 Å². The lowest BCUT2D eigenvalue weighted by molar-refractivity contribution is 0.0144. The van der Waals surface area contributed by atoms with E-state index in [0.29, 0.717) is 6.61 Å². The van der Waals surface area contributed by atoms with E-state index >= 15 is 0 Å². The number of nitrogens with one attached hydrogen (secondary N) is 1. The smallest absolute Gasteiger partial charge is 0.261 e. The third-order valence-corrected chi connectivity index (χ3v) is 2.78. The molecule has 6 heteroatoms. The number of rotatable bonds is 10. The molecule has 0 aliphatic carbocycles. The zero-order chi connectivity index (χ0) is 14.1. The molecule has 1 rings (SSSR count). The minimum absolute atomic E-state index is 0.238. The predicted octanol–water partition coefficient (Wildman–Crippen LogP) is 2.00. The Kier molecular flexibility index (Phi) is 7.59. The van der Waals surface area contributed by atoms with Crippen molar-refractivity contribution in [1.29, 1.82) is 0 Å². The van der Waals surface area contributed by atoms with Crippen LogP contribution in [0.15, 0.2) is 12.4 Å². The van der Waals surface area contributed by atoms with Crippen LogP contribution in [-0.4, -0.2) is 42.0 Å². The van der Waals surface area contributed by atoms with Gasteiger partial charge in [0.05, 0.1) is 6.20 Å². The number of hydrogen-bond acceptors (Lipinski definition) is 3. The third-order valence-electron chi connectivity index (χ3n) is 2.78. The van der Waals surface area contributed by atoms with E-state index in [1.54, 1.807) is 4.68 Å². The molecule has 19 heavy (non-hydrogen) atoms. The molecule has 1 aromatic heterocycles. The van der Waals surface area contributed by atoms with E-state index in [9.17, 15) is 8.78 Å². The van der Waals surface area contributed by atoms with Crippen molar-refractivity contribution in [3.8, 4) is 0 Å². The number of hydrogen-bond donors (Lipinski definition) is 1. The molecule has 0 aromatic carbocycles. The van der Waals surface area contributed by atoms with E-state index < -0.39 is 13.0 Å². The molecule has 1 N–H and O–H groups in total. The van der Waals surface area contributed by atoms with Crippen molar-refractivity contribution in [3.63, 3.8) is 0 Å². The molecule has 4 nitrogen and oxygen atoms in total. The van der Waals surface area contributed by atoms with Crippen LogP contribution in [-0.2, 0) is 18.2 Å². The summed E-state index contributed by atoms with van der Waals surface area (Å²) in [7, 11) is 1.88. The Hall–Kier alpha value is -1.01. The van der Waals surface area contributed by atoms with Gasteiger partial charge >= 0.3 is 0 Å². The highest BCUT2D eigenvalue weighted by Crippen LogP contribution is 2.06. The average Bonchev–Trinajstić information content (AvgIpc) is 2.76. The fourth-order valence-electron chi connectivity index (χ4n) is 1.88. The van der Waals surface area contributed by atoms with Gasteiger partial charge in [-0.1, -0.05) is 6.92 Å². The van der Waals surface area contributed by atoms with Crippen LogP contribution in [0, 0.1) is 0 Å². The number of aromatic nitrogens is 2. The second-order valence-electron chi connectivity index (χ2n) is 4.63. The van der Waals surface area contributed by atoms with Crippen molar-refractivity contribution in [1.82, 2.24) is 15.1 Å². The van der Waals surface area contributed by atoms with Crippen LogP contribution in [0.5, 0.6) is 0 Å². The van der Waals surface area contributed by atoms with Crippen LogP contribution in [0.25, 0.3) is 0 Å². The van der Waals surface area contributed by atoms with Crippen molar-refractivity contribution >= 4 is 0 Å². The fourth-order valence-corrected chi connectivity index (χ4v) is 1.88. The molecule has 0 saturated heterocycles. The van der Waals surface area contributed by atoms with Gasteiger partial charge in [-0.15, -0.1) is 0 Å². The van der Waals surface area contributed by atoms with E-state index in [4.69, 9.17) is 4.74 Å². The molecule has 0 amide bonds. The van der Waals surface area contributed by atoms with Gasteiger partial charge in [-0.25, -0.2) is 8.78 Å². The Morgan fingerprint density at radius 1 is 1.47 bits per heavy atom. The quantitative estimate of drug-likeness (QED) is 0.664. The molecule has 0 bridgehead atoms. The van der Waals surface area contributed by atoms with Crippen LogP contribution in [0.1, 0.15) is 25.3 Å². The molecule has 0 spiro atoms. The van der Waals surface area contributed by atoms with Crippen molar-refractivity contribution in [2.75, 3.05) is 19.8 Å². The van der Waals surface area contributed by atoms with Crippen LogP contribution in [0.4, 0.5) is 8.78 Å². The summed E-state index contributed by atoms with van der Waals surface area (Å²) in [6, 6.07) is 0.238. The summed E-state index contributed by atoms with van der Waals surface area (Å²) in [5.74, 6) is 0. The number of aryl methyl sites for hydroxylation is 1. The van der Waals surface area contributed by atoms with E-state index in [1.807, 2.05) is 19.4 Å².